The Bertz CT molecular complexity index is 482. The molecule has 2 rings (SSSR count). The molecule has 2 aromatic rings. The van der Waals surface area contributed by atoms with Gasteiger partial charge in [0.1, 0.15) is 0 Å². The standard InChI is InChI=1S/C14H17N3/c1-3-17-11-14(10-16-17)9-15-8-13-6-4-12(2)5-7-13/h3-7,10-11,15H,1,8-9H2,2H3. The molecule has 0 amide bonds. The minimum Gasteiger partial charge on any atom is -0.309 e. The number of benzene rings is 1. The lowest BCUT2D eigenvalue weighted by Crippen LogP contribution is -2.12. The van der Waals surface area contributed by atoms with Gasteiger partial charge in [-0.3, -0.25) is 0 Å². The minimum absolute atomic E-state index is 0.821. The number of hydrogen-bond acceptors (Lipinski definition) is 2. The van der Waals surface area contributed by atoms with Crippen LogP contribution in [0.25, 0.3) is 6.20 Å². The van der Waals surface area contributed by atoms with E-state index in [-0.39, 0.29) is 0 Å². The van der Waals surface area contributed by atoms with E-state index in [1.807, 2.05) is 12.4 Å². The van der Waals surface area contributed by atoms with Crippen LogP contribution in [-0.2, 0) is 13.1 Å². The molecule has 88 valence electrons. The summed E-state index contributed by atoms with van der Waals surface area (Å²) in [6, 6.07) is 8.56. The molecule has 0 aliphatic rings. The van der Waals surface area contributed by atoms with E-state index in [1.165, 1.54) is 11.1 Å². The maximum atomic E-state index is 4.13. The summed E-state index contributed by atoms with van der Waals surface area (Å²) in [5.74, 6) is 0. The molecule has 0 saturated carbocycles. The van der Waals surface area contributed by atoms with Gasteiger partial charge in [-0.05, 0) is 12.5 Å². The molecule has 0 fully saturated rings. The Hall–Kier alpha value is -1.87. The number of aryl methyl sites for hydroxylation is 1. The molecule has 0 spiro atoms. The van der Waals surface area contributed by atoms with Crippen molar-refractivity contribution in [2.45, 2.75) is 20.0 Å². The number of hydrogen-bond donors (Lipinski definition) is 1. The van der Waals surface area contributed by atoms with Crippen molar-refractivity contribution in [2.24, 2.45) is 0 Å². The van der Waals surface area contributed by atoms with Gasteiger partial charge in [-0.25, -0.2) is 4.68 Å². The van der Waals surface area contributed by atoms with Crippen LogP contribution in [0.1, 0.15) is 16.7 Å². The molecule has 1 aromatic carbocycles. The van der Waals surface area contributed by atoms with Gasteiger partial charge in [-0.1, -0.05) is 36.4 Å². The highest BCUT2D eigenvalue weighted by molar-refractivity contribution is 5.21. The summed E-state index contributed by atoms with van der Waals surface area (Å²) >= 11 is 0. The van der Waals surface area contributed by atoms with Crippen molar-refractivity contribution in [1.29, 1.82) is 0 Å². The molecule has 0 aliphatic heterocycles. The molecular weight excluding hydrogens is 210 g/mol. The van der Waals surface area contributed by atoms with Crippen LogP contribution in [0.15, 0.2) is 43.2 Å². The zero-order chi connectivity index (χ0) is 12.1. The maximum absolute atomic E-state index is 4.13. The summed E-state index contributed by atoms with van der Waals surface area (Å²) in [7, 11) is 0. The van der Waals surface area contributed by atoms with Crippen molar-refractivity contribution in [3.05, 3.63) is 59.9 Å². The van der Waals surface area contributed by atoms with Crippen LogP contribution in [0, 0.1) is 6.92 Å². The SMILES string of the molecule is C=Cn1cc(CNCc2ccc(C)cc2)cn1. The number of nitrogens with one attached hydrogen (secondary N) is 1. The number of aromatic nitrogens is 2. The minimum atomic E-state index is 0.821. The van der Waals surface area contributed by atoms with E-state index in [1.54, 1.807) is 10.9 Å². The fourth-order valence-corrected chi connectivity index (χ4v) is 1.63. The summed E-state index contributed by atoms with van der Waals surface area (Å²) in [5.41, 5.74) is 3.75. The van der Waals surface area contributed by atoms with Crippen molar-refractivity contribution < 1.29 is 0 Å². The second-order valence-corrected chi connectivity index (χ2v) is 4.10. The molecule has 17 heavy (non-hydrogen) atoms. The van der Waals surface area contributed by atoms with Gasteiger partial charge in [0, 0.05) is 31.0 Å². The summed E-state index contributed by atoms with van der Waals surface area (Å²) < 4.78 is 1.71. The molecule has 0 radical (unpaired) electrons. The maximum Gasteiger partial charge on any atom is 0.0538 e. The molecule has 1 N–H and O–H groups in total. The van der Waals surface area contributed by atoms with Gasteiger partial charge in [0.2, 0.25) is 0 Å². The monoisotopic (exact) mass is 227 g/mol. The largest absolute Gasteiger partial charge is 0.309 e. The van der Waals surface area contributed by atoms with E-state index in [0.29, 0.717) is 0 Å². The first-order chi connectivity index (χ1) is 8.28. The molecule has 0 unspecified atom stereocenters. The fourth-order valence-electron chi connectivity index (χ4n) is 1.63. The number of nitrogens with zero attached hydrogens (tertiary/aromatic N) is 2. The Morgan fingerprint density at radius 2 is 1.94 bits per heavy atom. The molecule has 0 atom stereocenters. The molecule has 0 bridgehead atoms. The second kappa shape index (κ2) is 5.46. The second-order valence-electron chi connectivity index (χ2n) is 4.10. The summed E-state index contributed by atoms with van der Waals surface area (Å²) in [6.07, 6.45) is 5.50. The molecule has 0 aliphatic carbocycles. The lowest BCUT2D eigenvalue weighted by atomic mass is 10.1. The van der Waals surface area contributed by atoms with Gasteiger partial charge in [-0.2, -0.15) is 5.10 Å². The van der Waals surface area contributed by atoms with Gasteiger partial charge >= 0.3 is 0 Å². The zero-order valence-electron chi connectivity index (χ0n) is 10.1. The Balaban J connectivity index is 1.83. The predicted molar refractivity (Wildman–Crippen MR) is 70.3 cm³/mol. The molecule has 0 saturated heterocycles. The van der Waals surface area contributed by atoms with Crippen LogP contribution < -0.4 is 5.32 Å². The molecule has 1 heterocycles. The average Bonchev–Trinajstić information content (AvgIpc) is 2.80. The average molecular weight is 227 g/mol. The lowest BCUT2D eigenvalue weighted by Gasteiger charge is -2.03. The first-order valence-electron chi connectivity index (χ1n) is 5.70. The first kappa shape index (κ1) is 11.6. The number of rotatable bonds is 5. The Labute approximate surface area is 102 Å². The van der Waals surface area contributed by atoms with Crippen molar-refractivity contribution in [2.75, 3.05) is 0 Å². The van der Waals surface area contributed by atoms with E-state index in [2.05, 4.69) is 48.2 Å². The fraction of sp³-hybridized carbons (Fsp3) is 0.214. The Kier molecular flexibility index (Phi) is 3.73. The van der Waals surface area contributed by atoms with Crippen LogP contribution >= 0.6 is 0 Å². The van der Waals surface area contributed by atoms with E-state index < -0.39 is 0 Å². The van der Waals surface area contributed by atoms with E-state index >= 15 is 0 Å². The predicted octanol–water partition coefficient (Wildman–Crippen LogP) is 2.58. The van der Waals surface area contributed by atoms with Gasteiger partial charge in [0.25, 0.3) is 0 Å². The van der Waals surface area contributed by atoms with E-state index in [9.17, 15) is 0 Å². The Morgan fingerprint density at radius 1 is 1.24 bits per heavy atom. The smallest absolute Gasteiger partial charge is 0.0538 e. The molecule has 3 heteroatoms. The van der Waals surface area contributed by atoms with Crippen LogP contribution in [0.5, 0.6) is 0 Å². The van der Waals surface area contributed by atoms with Crippen molar-refractivity contribution in [3.8, 4) is 0 Å². The molecule has 1 aromatic heterocycles. The third-order valence-electron chi connectivity index (χ3n) is 2.62. The molecule has 3 nitrogen and oxygen atoms in total. The van der Waals surface area contributed by atoms with Gasteiger partial charge < -0.3 is 5.32 Å². The Morgan fingerprint density at radius 3 is 2.59 bits per heavy atom. The highest BCUT2D eigenvalue weighted by Crippen LogP contribution is 2.03. The van der Waals surface area contributed by atoms with Gasteiger partial charge in [0.05, 0.1) is 6.20 Å². The third-order valence-corrected chi connectivity index (χ3v) is 2.62. The van der Waals surface area contributed by atoms with E-state index in [4.69, 9.17) is 0 Å². The highest BCUT2D eigenvalue weighted by Gasteiger charge is 1.96. The van der Waals surface area contributed by atoms with Crippen molar-refractivity contribution >= 4 is 6.20 Å². The normalized spacial score (nSPS) is 10.4. The quantitative estimate of drug-likeness (QED) is 0.850. The summed E-state index contributed by atoms with van der Waals surface area (Å²) in [6.45, 7) is 7.45. The highest BCUT2D eigenvalue weighted by atomic mass is 15.2. The first-order valence-corrected chi connectivity index (χ1v) is 5.70. The molecular formula is C14H17N3. The van der Waals surface area contributed by atoms with E-state index in [0.717, 1.165) is 18.7 Å². The van der Waals surface area contributed by atoms with Crippen LogP contribution in [-0.4, -0.2) is 9.78 Å². The summed E-state index contributed by atoms with van der Waals surface area (Å²) in [5, 5.41) is 7.52. The third kappa shape index (κ3) is 3.29. The van der Waals surface area contributed by atoms with Gasteiger partial charge in [-0.15, -0.1) is 0 Å². The summed E-state index contributed by atoms with van der Waals surface area (Å²) in [4.78, 5) is 0. The van der Waals surface area contributed by atoms with Crippen molar-refractivity contribution in [3.63, 3.8) is 0 Å². The van der Waals surface area contributed by atoms with Crippen LogP contribution in [0.2, 0.25) is 0 Å². The van der Waals surface area contributed by atoms with Crippen LogP contribution in [0.4, 0.5) is 0 Å². The lowest BCUT2D eigenvalue weighted by molar-refractivity contribution is 0.693. The van der Waals surface area contributed by atoms with Crippen LogP contribution in [0.3, 0.4) is 0 Å². The van der Waals surface area contributed by atoms with Gasteiger partial charge in [0.15, 0.2) is 0 Å². The topological polar surface area (TPSA) is 29.9 Å². The van der Waals surface area contributed by atoms with Crippen molar-refractivity contribution in [1.82, 2.24) is 15.1 Å². The zero-order valence-corrected chi connectivity index (χ0v) is 10.1.